The number of carbonyl (C=O) groups is 4. The van der Waals surface area contributed by atoms with Crippen molar-refractivity contribution in [3.05, 3.63) is 0 Å². The highest BCUT2D eigenvalue weighted by atomic mass is 31.2. The summed E-state index contributed by atoms with van der Waals surface area (Å²) in [5, 5.41) is 10.6. The lowest BCUT2D eigenvalue weighted by atomic mass is 9.99. The number of rotatable bonds is 70. The summed E-state index contributed by atoms with van der Waals surface area (Å²) < 4.78 is 68.1. The quantitative estimate of drug-likeness (QED) is 0.0222. The summed E-state index contributed by atoms with van der Waals surface area (Å²) >= 11 is 0. The maximum absolute atomic E-state index is 13.0. The molecular weight excluding hydrogens is 1190 g/mol. The van der Waals surface area contributed by atoms with Crippen LogP contribution in [0, 0.1) is 11.8 Å². The number of ether oxygens (including phenoxy) is 4. The highest BCUT2D eigenvalue weighted by Gasteiger charge is 2.30. The standard InChI is InChI=1S/C71H138O17P2/c1-7-10-12-14-15-16-17-18-22-25-31-36-42-48-54-69(74)82-60-67(88-71(76)55-49-43-37-32-26-23-20-19-21-24-30-35-41-46-52-64(6)9-3)62-86-90(79,80)84-58-65(72)57-83-89(77,78)85-61-66(59-81-68(73)53-47-39-13-11-8-2)87-70(75)56-50-44-38-33-28-27-29-34-40-45-51-63(4)5/h63-67,72H,7-62H2,1-6H3,(H,77,78)(H,79,80)/t64?,65-,66+,67+/m0/s1. The molecule has 0 aromatic heterocycles. The largest absolute Gasteiger partial charge is 0.472 e. The Balaban J connectivity index is 5.16. The summed E-state index contributed by atoms with van der Waals surface area (Å²) in [7, 11) is -9.89. The highest BCUT2D eigenvalue weighted by molar-refractivity contribution is 7.47. The molecule has 6 atom stereocenters. The summed E-state index contributed by atoms with van der Waals surface area (Å²) in [5.41, 5.74) is 0. The third-order valence-electron chi connectivity index (χ3n) is 16.8. The second kappa shape index (κ2) is 63.1. The molecule has 0 aliphatic heterocycles. The van der Waals surface area contributed by atoms with Crippen LogP contribution in [0.5, 0.6) is 0 Å². The van der Waals surface area contributed by atoms with Crippen LogP contribution in [0.3, 0.4) is 0 Å². The first-order chi connectivity index (χ1) is 43.4. The van der Waals surface area contributed by atoms with Crippen LogP contribution in [-0.4, -0.2) is 96.7 Å². The number of phosphoric acid groups is 2. The number of esters is 4. The molecule has 0 rings (SSSR count). The van der Waals surface area contributed by atoms with Crippen molar-refractivity contribution in [2.45, 2.75) is 381 Å². The van der Waals surface area contributed by atoms with E-state index in [2.05, 4.69) is 41.5 Å². The van der Waals surface area contributed by atoms with E-state index in [4.69, 9.17) is 37.0 Å². The van der Waals surface area contributed by atoms with Crippen LogP contribution in [0.1, 0.15) is 363 Å². The number of phosphoric ester groups is 2. The minimum Gasteiger partial charge on any atom is -0.462 e. The summed E-state index contributed by atoms with van der Waals surface area (Å²) in [4.78, 5) is 72.3. The number of carbonyl (C=O) groups excluding carboxylic acids is 4. The van der Waals surface area contributed by atoms with Crippen LogP contribution in [0.2, 0.25) is 0 Å². The van der Waals surface area contributed by atoms with E-state index < -0.39 is 97.5 Å². The minimum absolute atomic E-state index is 0.105. The van der Waals surface area contributed by atoms with Gasteiger partial charge in [0.1, 0.15) is 19.3 Å². The number of hydrogen-bond acceptors (Lipinski definition) is 15. The number of aliphatic hydroxyl groups excluding tert-OH is 1. The van der Waals surface area contributed by atoms with E-state index in [-0.39, 0.29) is 25.7 Å². The topological polar surface area (TPSA) is 237 Å². The van der Waals surface area contributed by atoms with Crippen molar-refractivity contribution in [2.75, 3.05) is 39.6 Å². The Hall–Kier alpha value is -1.94. The van der Waals surface area contributed by atoms with Gasteiger partial charge >= 0.3 is 39.5 Å². The molecule has 19 heteroatoms. The molecule has 534 valence electrons. The fourth-order valence-electron chi connectivity index (χ4n) is 10.7. The molecule has 0 amide bonds. The second-order valence-electron chi connectivity index (χ2n) is 26.3. The smallest absolute Gasteiger partial charge is 0.462 e. The normalized spacial score (nSPS) is 14.4. The molecule has 0 aliphatic rings. The van der Waals surface area contributed by atoms with Crippen molar-refractivity contribution < 1.29 is 80.2 Å². The molecule has 17 nitrogen and oxygen atoms in total. The third kappa shape index (κ3) is 63.5. The van der Waals surface area contributed by atoms with Crippen molar-refractivity contribution in [3.8, 4) is 0 Å². The number of aliphatic hydroxyl groups is 1. The average Bonchev–Trinajstić information content (AvgIpc) is 3.09. The molecule has 0 saturated heterocycles. The van der Waals surface area contributed by atoms with Gasteiger partial charge in [-0.15, -0.1) is 0 Å². The van der Waals surface area contributed by atoms with E-state index >= 15 is 0 Å². The van der Waals surface area contributed by atoms with E-state index in [0.29, 0.717) is 25.7 Å². The molecule has 0 radical (unpaired) electrons. The predicted molar refractivity (Wildman–Crippen MR) is 363 cm³/mol. The molecule has 3 N–H and O–H groups in total. The van der Waals surface area contributed by atoms with Gasteiger partial charge in [0.15, 0.2) is 12.2 Å². The summed E-state index contributed by atoms with van der Waals surface area (Å²) in [6.07, 6.45) is 48.8. The molecule has 0 spiro atoms. The first-order valence-electron chi connectivity index (χ1n) is 37.0. The molecule has 0 saturated carbocycles. The summed E-state index contributed by atoms with van der Waals surface area (Å²) in [6, 6.07) is 0. The van der Waals surface area contributed by atoms with Crippen LogP contribution in [0.15, 0.2) is 0 Å². The van der Waals surface area contributed by atoms with Crippen LogP contribution in [-0.2, 0) is 65.4 Å². The van der Waals surface area contributed by atoms with Gasteiger partial charge in [-0.1, -0.05) is 311 Å². The number of hydrogen-bond donors (Lipinski definition) is 3. The van der Waals surface area contributed by atoms with Gasteiger partial charge in [-0.25, -0.2) is 9.13 Å². The van der Waals surface area contributed by atoms with E-state index in [1.807, 2.05) is 0 Å². The van der Waals surface area contributed by atoms with Gasteiger partial charge in [0.25, 0.3) is 0 Å². The Morgan fingerprint density at radius 1 is 0.322 bits per heavy atom. The Morgan fingerprint density at radius 2 is 0.567 bits per heavy atom. The van der Waals surface area contributed by atoms with Crippen LogP contribution in [0.25, 0.3) is 0 Å². The van der Waals surface area contributed by atoms with Gasteiger partial charge in [-0.3, -0.25) is 37.3 Å². The Bertz CT molecular complexity index is 1750. The fourth-order valence-corrected chi connectivity index (χ4v) is 12.3. The molecule has 0 aromatic rings. The first kappa shape index (κ1) is 88.1. The van der Waals surface area contributed by atoms with E-state index in [1.165, 1.54) is 173 Å². The van der Waals surface area contributed by atoms with Crippen molar-refractivity contribution in [2.24, 2.45) is 11.8 Å². The fraction of sp³-hybridized carbons (Fsp3) is 0.944. The predicted octanol–water partition coefficient (Wildman–Crippen LogP) is 20.4. The molecule has 0 fully saturated rings. The third-order valence-corrected chi connectivity index (χ3v) is 18.7. The highest BCUT2D eigenvalue weighted by Crippen LogP contribution is 2.45. The lowest BCUT2D eigenvalue weighted by Crippen LogP contribution is -2.30. The maximum atomic E-state index is 13.0. The monoisotopic (exact) mass is 1320 g/mol. The SMILES string of the molecule is CCCCCCCCCCCCCCCCC(=O)OC[C@H](COP(=O)(O)OC[C@@H](O)COP(=O)(O)OC[C@@H](COC(=O)CCCCCCC)OC(=O)CCCCCCCCCCCCC(C)C)OC(=O)CCCCCCCCCCCCCCCCC(C)CC. The van der Waals surface area contributed by atoms with Crippen LogP contribution >= 0.6 is 15.6 Å². The molecule has 0 aliphatic carbocycles. The number of unbranched alkanes of at least 4 members (excludes halogenated alkanes) is 39. The zero-order chi connectivity index (χ0) is 66.5. The van der Waals surface area contributed by atoms with Crippen molar-refractivity contribution in [1.29, 1.82) is 0 Å². The zero-order valence-corrected chi connectivity index (χ0v) is 60.2. The van der Waals surface area contributed by atoms with Gasteiger partial charge in [0, 0.05) is 25.7 Å². The van der Waals surface area contributed by atoms with E-state index in [9.17, 15) is 43.2 Å². The van der Waals surface area contributed by atoms with Gasteiger partial charge in [-0.2, -0.15) is 0 Å². The molecule has 90 heavy (non-hydrogen) atoms. The van der Waals surface area contributed by atoms with E-state index in [1.54, 1.807) is 0 Å². The van der Waals surface area contributed by atoms with Gasteiger partial charge in [0.2, 0.25) is 0 Å². The Labute approximate surface area is 549 Å². The van der Waals surface area contributed by atoms with E-state index in [0.717, 1.165) is 108 Å². The van der Waals surface area contributed by atoms with Crippen molar-refractivity contribution >= 4 is 39.5 Å². The minimum atomic E-state index is -4.95. The molecule has 0 heterocycles. The van der Waals surface area contributed by atoms with Crippen LogP contribution in [0.4, 0.5) is 0 Å². The molecule has 3 unspecified atom stereocenters. The summed E-state index contributed by atoms with van der Waals surface area (Å²) in [5.74, 6) is -0.534. The van der Waals surface area contributed by atoms with Crippen LogP contribution < -0.4 is 0 Å². The second-order valence-corrected chi connectivity index (χ2v) is 29.3. The molecular formula is C71H138O17P2. The zero-order valence-electron chi connectivity index (χ0n) is 58.4. The average molecular weight is 1330 g/mol. The summed E-state index contributed by atoms with van der Waals surface area (Å²) in [6.45, 7) is 9.52. The first-order valence-corrected chi connectivity index (χ1v) is 40.0. The maximum Gasteiger partial charge on any atom is 0.472 e. The Kier molecular flexibility index (Phi) is 61.8. The van der Waals surface area contributed by atoms with Gasteiger partial charge in [-0.05, 0) is 37.5 Å². The lowest BCUT2D eigenvalue weighted by molar-refractivity contribution is -0.161. The Morgan fingerprint density at radius 3 is 0.844 bits per heavy atom. The lowest BCUT2D eigenvalue weighted by Gasteiger charge is -2.21. The van der Waals surface area contributed by atoms with Crippen molar-refractivity contribution in [3.63, 3.8) is 0 Å². The van der Waals surface area contributed by atoms with Crippen molar-refractivity contribution in [1.82, 2.24) is 0 Å². The van der Waals surface area contributed by atoms with Gasteiger partial charge in [0.05, 0.1) is 26.4 Å². The molecule has 0 aromatic carbocycles. The molecule has 0 bridgehead atoms. The van der Waals surface area contributed by atoms with Gasteiger partial charge < -0.3 is 33.8 Å².